The molecule has 8 heteroatoms. The zero-order valence-electron chi connectivity index (χ0n) is 15.0. The molecule has 7 nitrogen and oxygen atoms in total. The average molecular weight is 362 g/mol. The third kappa shape index (κ3) is 2.83. The van der Waals surface area contributed by atoms with Gasteiger partial charge in [0.2, 0.25) is 5.91 Å². The molecule has 0 spiro atoms. The zero-order chi connectivity index (χ0) is 18.4. The van der Waals surface area contributed by atoms with Crippen LogP contribution in [-0.4, -0.2) is 57.4 Å². The van der Waals surface area contributed by atoms with Crippen molar-refractivity contribution in [3.63, 3.8) is 0 Å². The maximum atomic E-state index is 15.0. The predicted molar refractivity (Wildman–Crippen MR) is 96.3 cm³/mol. The Morgan fingerprint density at radius 1 is 1.38 bits per heavy atom. The highest BCUT2D eigenvalue weighted by Gasteiger charge is 2.37. The monoisotopic (exact) mass is 362 g/mol. The number of nitrogens with one attached hydrogen (secondary N) is 1. The fourth-order valence-corrected chi connectivity index (χ4v) is 4.13. The molecule has 0 radical (unpaired) electrons. The van der Waals surface area contributed by atoms with Crippen molar-refractivity contribution in [3.8, 4) is 0 Å². The Morgan fingerprint density at radius 3 is 2.96 bits per heavy atom. The van der Waals surface area contributed by atoms with Crippen LogP contribution in [0, 0.1) is 5.82 Å². The Labute approximate surface area is 151 Å². The van der Waals surface area contributed by atoms with Gasteiger partial charge in [0.15, 0.2) is 5.82 Å². The number of benzene rings is 1. The zero-order valence-corrected chi connectivity index (χ0v) is 15.0. The van der Waals surface area contributed by atoms with Crippen LogP contribution in [0.1, 0.15) is 19.8 Å². The van der Waals surface area contributed by atoms with Crippen molar-refractivity contribution < 1.29 is 18.7 Å². The summed E-state index contributed by atoms with van der Waals surface area (Å²) in [5.41, 5.74) is 1.92. The second-order valence-electron chi connectivity index (χ2n) is 7.22. The van der Waals surface area contributed by atoms with E-state index >= 15 is 0 Å². The average Bonchev–Trinajstić information content (AvgIpc) is 3.19. The standard InChI is InChI=1S/C18H23FN4O3/c1-11(24)20-8-14-10-23(18(25)26-14)13-6-15(19)17-16(7-13)21(2)9-12-4-3-5-22(12)17/h6-7,12,14H,3-5,8-10H2,1-2H3,(H,20,24)/t12-,14-/m0/s1. The van der Waals surface area contributed by atoms with Crippen molar-refractivity contribution in [2.24, 2.45) is 0 Å². The van der Waals surface area contributed by atoms with E-state index in [0.29, 0.717) is 17.4 Å². The van der Waals surface area contributed by atoms with Crippen LogP contribution in [0.5, 0.6) is 0 Å². The van der Waals surface area contributed by atoms with E-state index in [9.17, 15) is 14.0 Å². The second kappa shape index (κ2) is 6.34. The fourth-order valence-electron chi connectivity index (χ4n) is 4.13. The summed E-state index contributed by atoms with van der Waals surface area (Å²) in [7, 11) is 1.96. The van der Waals surface area contributed by atoms with Gasteiger partial charge in [-0.25, -0.2) is 9.18 Å². The molecule has 3 heterocycles. The van der Waals surface area contributed by atoms with Gasteiger partial charge in [-0.3, -0.25) is 9.69 Å². The molecule has 1 aromatic carbocycles. The molecule has 4 rings (SSSR count). The minimum Gasteiger partial charge on any atom is -0.442 e. The quantitative estimate of drug-likeness (QED) is 0.887. The summed E-state index contributed by atoms with van der Waals surface area (Å²) in [6.45, 7) is 3.67. The molecule has 2 fully saturated rings. The summed E-state index contributed by atoms with van der Waals surface area (Å²) in [5, 5.41) is 2.64. The van der Waals surface area contributed by atoms with Gasteiger partial charge in [-0.15, -0.1) is 0 Å². The molecule has 2 saturated heterocycles. The second-order valence-corrected chi connectivity index (χ2v) is 7.22. The highest BCUT2D eigenvalue weighted by molar-refractivity contribution is 5.92. The number of fused-ring (bicyclic) bond motifs is 3. The van der Waals surface area contributed by atoms with Crippen LogP contribution in [0.3, 0.4) is 0 Å². The first-order valence-electron chi connectivity index (χ1n) is 8.98. The number of halogens is 1. The molecule has 2 amide bonds. The first kappa shape index (κ1) is 16.9. The number of carbonyl (C=O) groups is 2. The summed E-state index contributed by atoms with van der Waals surface area (Å²) in [6, 6.07) is 3.62. The Bertz CT molecular complexity index is 756. The topological polar surface area (TPSA) is 65.1 Å². The summed E-state index contributed by atoms with van der Waals surface area (Å²) in [4.78, 5) is 28.9. The number of ether oxygens (including phenoxy) is 1. The lowest BCUT2D eigenvalue weighted by Gasteiger charge is -2.40. The van der Waals surface area contributed by atoms with Gasteiger partial charge in [0.25, 0.3) is 0 Å². The van der Waals surface area contributed by atoms with E-state index in [0.717, 1.165) is 31.6 Å². The Balaban J connectivity index is 1.61. The van der Waals surface area contributed by atoms with E-state index in [-0.39, 0.29) is 24.8 Å². The van der Waals surface area contributed by atoms with E-state index in [1.807, 2.05) is 13.1 Å². The minimum absolute atomic E-state index is 0.180. The predicted octanol–water partition coefficient (Wildman–Crippen LogP) is 1.71. The van der Waals surface area contributed by atoms with Crippen LogP contribution in [0.25, 0.3) is 0 Å². The van der Waals surface area contributed by atoms with Crippen LogP contribution in [-0.2, 0) is 9.53 Å². The van der Waals surface area contributed by atoms with Crippen molar-refractivity contribution >= 4 is 29.1 Å². The maximum Gasteiger partial charge on any atom is 0.414 e. The van der Waals surface area contributed by atoms with Crippen molar-refractivity contribution in [2.75, 3.05) is 47.9 Å². The van der Waals surface area contributed by atoms with Gasteiger partial charge in [0.1, 0.15) is 6.10 Å². The maximum absolute atomic E-state index is 15.0. The molecule has 26 heavy (non-hydrogen) atoms. The number of likely N-dealkylation sites (N-methyl/N-ethyl adjacent to an activating group) is 1. The lowest BCUT2D eigenvalue weighted by molar-refractivity contribution is -0.119. The van der Waals surface area contributed by atoms with Gasteiger partial charge in [-0.2, -0.15) is 0 Å². The van der Waals surface area contributed by atoms with Gasteiger partial charge < -0.3 is 19.9 Å². The van der Waals surface area contributed by atoms with Crippen LogP contribution < -0.4 is 20.0 Å². The van der Waals surface area contributed by atoms with Crippen molar-refractivity contribution in [2.45, 2.75) is 31.9 Å². The summed E-state index contributed by atoms with van der Waals surface area (Å²) in [5.74, 6) is -0.491. The van der Waals surface area contributed by atoms with Gasteiger partial charge in [0, 0.05) is 39.2 Å². The lowest BCUT2D eigenvalue weighted by atomic mass is 10.1. The molecule has 1 N–H and O–H groups in total. The molecule has 2 atom stereocenters. The van der Waals surface area contributed by atoms with E-state index in [4.69, 9.17) is 4.74 Å². The van der Waals surface area contributed by atoms with Gasteiger partial charge in [-0.1, -0.05) is 0 Å². The minimum atomic E-state index is -0.516. The van der Waals surface area contributed by atoms with Crippen molar-refractivity contribution in [3.05, 3.63) is 17.9 Å². The van der Waals surface area contributed by atoms with E-state index in [1.165, 1.54) is 17.9 Å². The van der Waals surface area contributed by atoms with Crippen LogP contribution >= 0.6 is 0 Å². The molecular weight excluding hydrogens is 339 g/mol. The summed E-state index contributed by atoms with van der Waals surface area (Å²) >= 11 is 0. The third-order valence-corrected chi connectivity index (χ3v) is 5.35. The van der Waals surface area contributed by atoms with Crippen molar-refractivity contribution in [1.82, 2.24) is 5.32 Å². The van der Waals surface area contributed by atoms with Crippen LogP contribution in [0.4, 0.5) is 26.2 Å². The Kier molecular flexibility index (Phi) is 4.13. The fraction of sp³-hybridized carbons (Fsp3) is 0.556. The smallest absolute Gasteiger partial charge is 0.414 e. The first-order chi connectivity index (χ1) is 12.4. The first-order valence-corrected chi connectivity index (χ1v) is 8.98. The molecule has 140 valence electrons. The lowest BCUT2D eigenvalue weighted by Crippen LogP contribution is -2.44. The Morgan fingerprint density at radius 2 is 2.19 bits per heavy atom. The highest BCUT2D eigenvalue weighted by Crippen LogP contribution is 2.43. The van der Waals surface area contributed by atoms with E-state index in [2.05, 4.69) is 15.1 Å². The molecule has 0 bridgehead atoms. The molecular formula is C18H23FN4O3. The van der Waals surface area contributed by atoms with E-state index in [1.54, 1.807) is 0 Å². The molecule has 0 saturated carbocycles. The molecule has 0 aliphatic carbocycles. The molecule has 3 aliphatic rings. The number of cyclic esters (lactones) is 1. The van der Waals surface area contributed by atoms with E-state index < -0.39 is 12.2 Å². The number of anilines is 3. The third-order valence-electron chi connectivity index (χ3n) is 5.35. The largest absolute Gasteiger partial charge is 0.442 e. The van der Waals surface area contributed by atoms with Gasteiger partial charge in [-0.05, 0) is 18.9 Å². The molecule has 3 aliphatic heterocycles. The van der Waals surface area contributed by atoms with Crippen molar-refractivity contribution in [1.29, 1.82) is 0 Å². The summed E-state index contributed by atoms with van der Waals surface area (Å²) in [6.07, 6.45) is 1.19. The highest BCUT2D eigenvalue weighted by atomic mass is 19.1. The number of carbonyl (C=O) groups excluding carboxylic acids is 2. The number of amides is 2. The normalized spacial score (nSPS) is 24.4. The van der Waals surface area contributed by atoms with Gasteiger partial charge in [0.05, 0.1) is 30.2 Å². The molecule has 0 aromatic heterocycles. The molecule has 0 unspecified atom stereocenters. The molecule has 1 aromatic rings. The summed E-state index contributed by atoms with van der Waals surface area (Å²) < 4.78 is 20.3. The Hall–Kier alpha value is -2.51. The van der Waals surface area contributed by atoms with Crippen LogP contribution in [0.2, 0.25) is 0 Å². The SMILES string of the molecule is CC(=O)NC[C@H]1CN(c2cc(F)c3c(c2)N(C)C[C@@H]2CCCN32)C(=O)O1. The number of hydrogen-bond donors (Lipinski definition) is 1. The number of nitrogens with zero attached hydrogens (tertiary/aromatic N) is 3. The van der Waals surface area contributed by atoms with Gasteiger partial charge >= 0.3 is 6.09 Å². The number of rotatable bonds is 3. The number of hydrogen-bond acceptors (Lipinski definition) is 5. The van der Waals surface area contributed by atoms with Crippen LogP contribution in [0.15, 0.2) is 12.1 Å².